The van der Waals surface area contributed by atoms with Crippen LogP contribution in [0.3, 0.4) is 0 Å². The predicted octanol–water partition coefficient (Wildman–Crippen LogP) is 5.70. The van der Waals surface area contributed by atoms with Gasteiger partial charge in [0.2, 0.25) is 0 Å². The van der Waals surface area contributed by atoms with Crippen molar-refractivity contribution in [3.05, 3.63) is 100 Å². The van der Waals surface area contributed by atoms with Gasteiger partial charge in [-0.1, -0.05) is 41.9 Å². The van der Waals surface area contributed by atoms with E-state index in [1.807, 2.05) is 55.6 Å². The number of hydrogen-bond donors (Lipinski definition) is 1. The number of rotatable bonds is 7. The number of hydrogen-bond acceptors (Lipinski definition) is 3. The molecule has 1 fully saturated rings. The molecule has 0 aliphatic heterocycles. The fourth-order valence-corrected chi connectivity index (χ4v) is 4.92. The highest BCUT2D eigenvalue weighted by Crippen LogP contribution is 2.40. The van der Waals surface area contributed by atoms with Crippen LogP contribution in [0.15, 0.2) is 73.1 Å². The van der Waals surface area contributed by atoms with E-state index in [0.717, 1.165) is 36.8 Å². The second-order valence-corrected chi connectivity index (χ2v) is 9.30. The Morgan fingerprint density at radius 3 is 2.66 bits per heavy atom. The minimum atomic E-state index is -0.464. The lowest BCUT2D eigenvalue weighted by atomic mass is 9.91. The molecular formula is C27H29ClN2O2. The Hall–Kier alpha value is -2.69. The van der Waals surface area contributed by atoms with Crippen molar-refractivity contribution in [3.8, 4) is 0 Å². The summed E-state index contributed by atoms with van der Waals surface area (Å²) in [6, 6.07) is 19.4. The summed E-state index contributed by atoms with van der Waals surface area (Å²) in [4.78, 5) is 18.6. The minimum Gasteiger partial charge on any atom is -0.388 e. The number of aromatic nitrogens is 1. The standard InChI is InChI=1S/C27H29ClN2O2/c1-30(18-21-4-3-13-29-17-21)27(32)22-10-7-19(8-11-22)14-20-9-12-24(15-20)26(31)23-5-2-6-25(28)16-23/h2-8,10-11,13,16-17,20,24,26,31H,9,12,14-15,18H2,1H3/t20-,24-,26+/m0/s1. The van der Waals surface area contributed by atoms with Crippen LogP contribution >= 0.6 is 11.6 Å². The molecule has 1 amide bonds. The molecule has 0 radical (unpaired) electrons. The number of amides is 1. The van der Waals surface area contributed by atoms with Gasteiger partial charge in [0.15, 0.2) is 0 Å². The largest absolute Gasteiger partial charge is 0.388 e. The molecule has 3 atom stereocenters. The van der Waals surface area contributed by atoms with Crippen molar-refractivity contribution >= 4 is 17.5 Å². The molecule has 0 unspecified atom stereocenters. The Kier molecular flexibility index (Phi) is 7.23. The zero-order valence-corrected chi connectivity index (χ0v) is 19.1. The molecule has 0 spiro atoms. The molecule has 2 aromatic carbocycles. The second-order valence-electron chi connectivity index (χ2n) is 8.86. The van der Waals surface area contributed by atoms with Crippen LogP contribution < -0.4 is 0 Å². The number of aliphatic hydroxyl groups excluding tert-OH is 1. The maximum absolute atomic E-state index is 12.7. The smallest absolute Gasteiger partial charge is 0.253 e. The molecule has 1 aliphatic rings. The molecule has 32 heavy (non-hydrogen) atoms. The Bertz CT molecular complexity index is 1040. The summed E-state index contributed by atoms with van der Waals surface area (Å²) in [6.45, 7) is 0.535. The van der Waals surface area contributed by atoms with E-state index < -0.39 is 6.10 Å². The van der Waals surface area contributed by atoms with Gasteiger partial charge in [0, 0.05) is 36.6 Å². The van der Waals surface area contributed by atoms with Crippen LogP contribution in [0.1, 0.15) is 52.4 Å². The molecule has 0 bridgehead atoms. The molecule has 0 saturated heterocycles. The quantitative estimate of drug-likeness (QED) is 0.504. The van der Waals surface area contributed by atoms with E-state index in [0.29, 0.717) is 23.0 Å². The lowest BCUT2D eigenvalue weighted by molar-refractivity contribution is 0.0785. The molecule has 1 N–H and O–H groups in total. The first-order valence-corrected chi connectivity index (χ1v) is 11.5. The maximum atomic E-state index is 12.7. The highest BCUT2D eigenvalue weighted by Gasteiger charge is 2.30. The van der Waals surface area contributed by atoms with Crippen LogP contribution in [0.2, 0.25) is 5.02 Å². The molecule has 1 saturated carbocycles. The maximum Gasteiger partial charge on any atom is 0.253 e. The third-order valence-electron chi connectivity index (χ3n) is 6.43. The Morgan fingerprint density at radius 2 is 1.94 bits per heavy atom. The summed E-state index contributed by atoms with van der Waals surface area (Å²) >= 11 is 6.09. The van der Waals surface area contributed by atoms with Crippen molar-refractivity contribution < 1.29 is 9.90 Å². The summed E-state index contributed by atoms with van der Waals surface area (Å²) in [7, 11) is 1.81. The Labute approximate surface area is 194 Å². The van der Waals surface area contributed by atoms with Crippen LogP contribution in [0.4, 0.5) is 0 Å². The van der Waals surface area contributed by atoms with Gasteiger partial charge >= 0.3 is 0 Å². The van der Waals surface area contributed by atoms with E-state index in [1.54, 1.807) is 17.3 Å². The van der Waals surface area contributed by atoms with Crippen molar-refractivity contribution in [2.45, 2.75) is 38.3 Å². The van der Waals surface area contributed by atoms with E-state index in [1.165, 1.54) is 5.56 Å². The van der Waals surface area contributed by atoms with Crippen molar-refractivity contribution in [3.63, 3.8) is 0 Å². The number of nitrogens with zero attached hydrogens (tertiary/aromatic N) is 2. The first-order chi connectivity index (χ1) is 15.5. The van der Waals surface area contributed by atoms with Crippen LogP contribution in [0.5, 0.6) is 0 Å². The third-order valence-corrected chi connectivity index (χ3v) is 6.67. The van der Waals surface area contributed by atoms with Crippen LogP contribution in [-0.4, -0.2) is 27.9 Å². The van der Waals surface area contributed by atoms with E-state index in [-0.39, 0.29) is 11.8 Å². The SMILES string of the molecule is CN(Cc1cccnc1)C(=O)c1ccc(C[C@@H]2CC[C@H]([C@H](O)c3cccc(Cl)c3)C2)cc1. The van der Waals surface area contributed by atoms with Crippen molar-refractivity contribution in [1.29, 1.82) is 0 Å². The number of benzene rings is 2. The van der Waals surface area contributed by atoms with Crippen molar-refractivity contribution in [1.82, 2.24) is 9.88 Å². The first kappa shape index (κ1) is 22.5. The van der Waals surface area contributed by atoms with E-state index in [4.69, 9.17) is 11.6 Å². The molecule has 5 heteroatoms. The zero-order valence-electron chi connectivity index (χ0n) is 18.3. The van der Waals surface area contributed by atoms with Crippen molar-refractivity contribution in [2.24, 2.45) is 11.8 Å². The highest BCUT2D eigenvalue weighted by molar-refractivity contribution is 6.30. The number of halogens is 1. The average Bonchev–Trinajstić information content (AvgIpc) is 3.27. The van der Waals surface area contributed by atoms with Gasteiger partial charge in [0.25, 0.3) is 5.91 Å². The molecule has 4 rings (SSSR count). The van der Waals surface area contributed by atoms with Crippen molar-refractivity contribution in [2.75, 3.05) is 7.05 Å². The summed E-state index contributed by atoms with van der Waals surface area (Å²) in [6.07, 6.45) is 7.15. The summed E-state index contributed by atoms with van der Waals surface area (Å²) < 4.78 is 0. The number of aliphatic hydroxyl groups is 1. The Balaban J connectivity index is 1.31. The zero-order chi connectivity index (χ0) is 22.5. The molecule has 3 aromatic rings. The molecule has 1 heterocycles. The lowest BCUT2D eigenvalue weighted by Crippen LogP contribution is -2.26. The van der Waals surface area contributed by atoms with Gasteiger partial charge in [-0.25, -0.2) is 0 Å². The van der Waals surface area contributed by atoms with Gasteiger partial charge in [0.05, 0.1) is 6.10 Å². The number of carbonyl (C=O) groups is 1. The normalized spacial score (nSPS) is 19.0. The van der Waals surface area contributed by atoms with E-state index in [9.17, 15) is 9.90 Å². The topological polar surface area (TPSA) is 53.4 Å². The third kappa shape index (κ3) is 5.56. The molecule has 4 nitrogen and oxygen atoms in total. The summed E-state index contributed by atoms with van der Waals surface area (Å²) in [5.74, 6) is 0.815. The summed E-state index contributed by atoms with van der Waals surface area (Å²) in [5, 5.41) is 11.4. The first-order valence-electron chi connectivity index (χ1n) is 11.2. The van der Waals surface area contributed by atoms with Crippen LogP contribution in [-0.2, 0) is 13.0 Å². The van der Waals surface area contributed by atoms with Gasteiger partial charge in [-0.05, 0) is 84.5 Å². The molecular weight excluding hydrogens is 420 g/mol. The number of carbonyl (C=O) groups excluding carboxylic acids is 1. The highest BCUT2D eigenvalue weighted by atomic mass is 35.5. The van der Waals surface area contributed by atoms with Crippen LogP contribution in [0, 0.1) is 11.8 Å². The van der Waals surface area contributed by atoms with Gasteiger partial charge in [-0.2, -0.15) is 0 Å². The monoisotopic (exact) mass is 448 g/mol. The average molecular weight is 449 g/mol. The molecule has 166 valence electrons. The predicted molar refractivity (Wildman–Crippen MR) is 127 cm³/mol. The van der Waals surface area contributed by atoms with Gasteiger partial charge in [-0.15, -0.1) is 0 Å². The van der Waals surface area contributed by atoms with Crippen LogP contribution in [0.25, 0.3) is 0 Å². The molecule has 1 aliphatic carbocycles. The minimum absolute atomic E-state index is 0.00553. The van der Waals surface area contributed by atoms with Gasteiger partial charge in [-0.3, -0.25) is 9.78 Å². The van der Waals surface area contributed by atoms with Gasteiger partial charge in [0.1, 0.15) is 0 Å². The Morgan fingerprint density at radius 1 is 1.12 bits per heavy atom. The lowest BCUT2D eigenvalue weighted by Gasteiger charge is -2.19. The number of pyridine rings is 1. The molecule has 1 aromatic heterocycles. The van der Waals surface area contributed by atoms with Gasteiger partial charge < -0.3 is 10.0 Å². The fourth-order valence-electron chi connectivity index (χ4n) is 4.72. The fraction of sp³-hybridized carbons (Fsp3) is 0.333. The van der Waals surface area contributed by atoms with E-state index in [2.05, 4.69) is 17.1 Å². The summed E-state index contributed by atoms with van der Waals surface area (Å²) in [5.41, 5.74) is 3.84. The van der Waals surface area contributed by atoms with E-state index >= 15 is 0 Å². The second kappa shape index (κ2) is 10.3.